The second kappa shape index (κ2) is 5.21. The van der Waals surface area contributed by atoms with Crippen molar-refractivity contribution in [3.05, 3.63) is 28.8 Å². The van der Waals surface area contributed by atoms with Crippen LogP contribution >= 0.6 is 11.6 Å². The smallest absolute Gasteiger partial charge is 0.256 e. The van der Waals surface area contributed by atoms with Crippen molar-refractivity contribution in [2.45, 2.75) is 26.8 Å². The van der Waals surface area contributed by atoms with Crippen LogP contribution in [0, 0.1) is 0 Å². The molecular weight excluding hydrogens is 224 g/mol. The lowest BCUT2D eigenvalue weighted by Crippen LogP contribution is -2.37. The van der Waals surface area contributed by atoms with Crippen LogP contribution < -0.4 is 5.73 Å². The molecule has 4 heteroatoms. The highest BCUT2D eigenvalue weighted by Crippen LogP contribution is 2.24. The molecule has 0 saturated carbocycles. The molecule has 1 aromatic rings. The van der Waals surface area contributed by atoms with Gasteiger partial charge in [0.1, 0.15) is 0 Å². The van der Waals surface area contributed by atoms with Crippen molar-refractivity contribution in [1.29, 1.82) is 0 Å². The van der Waals surface area contributed by atoms with Crippen molar-refractivity contribution < 1.29 is 4.79 Å². The monoisotopic (exact) mass is 240 g/mol. The molecule has 1 amide bonds. The van der Waals surface area contributed by atoms with E-state index in [0.29, 0.717) is 22.8 Å². The Morgan fingerprint density at radius 3 is 2.62 bits per heavy atom. The first-order chi connectivity index (χ1) is 7.49. The molecule has 2 N–H and O–H groups in total. The molecule has 0 bridgehead atoms. The minimum atomic E-state index is -0.0718. The number of carbonyl (C=O) groups excluding carboxylic acids is 1. The Morgan fingerprint density at radius 1 is 1.50 bits per heavy atom. The SMILES string of the molecule is CCN(C(=O)c1cccc(Cl)c1N)C(C)C. The first kappa shape index (κ1) is 12.8. The number of para-hydroxylation sites is 1. The summed E-state index contributed by atoms with van der Waals surface area (Å²) in [7, 11) is 0. The summed E-state index contributed by atoms with van der Waals surface area (Å²) in [6.07, 6.45) is 0. The Hall–Kier alpha value is -1.22. The molecule has 0 heterocycles. The van der Waals surface area contributed by atoms with Crippen LogP contribution in [0.25, 0.3) is 0 Å². The molecule has 0 aliphatic heterocycles. The number of nitrogens with zero attached hydrogens (tertiary/aromatic N) is 1. The molecule has 0 saturated heterocycles. The number of rotatable bonds is 3. The molecule has 1 aromatic carbocycles. The number of benzene rings is 1. The predicted octanol–water partition coefficient (Wildman–Crippen LogP) is 2.79. The zero-order chi connectivity index (χ0) is 12.3. The average molecular weight is 241 g/mol. The molecule has 0 aliphatic rings. The summed E-state index contributed by atoms with van der Waals surface area (Å²) < 4.78 is 0. The van der Waals surface area contributed by atoms with Gasteiger partial charge in [-0.25, -0.2) is 0 Å². The molecule has 0 spiro atoms. The maximum atomic E-state index is 12.2. The van der Waals surface area contributed by atoms with Crippen molar-refractivity contribution in [3.8, 4) is 0 Å². The van der Waals surface area contributed by atoms with Crippen molar-refractivity contribution in [3.63, 3.8) is 0 Å². The highest BCUT2D eigenvalue weighted by atomic mass is 35.5. The average Bonchev–Trinajstić information content (AvgIpc) is 2.22. The predicted molar refractivity (Wildman–Crippen MR) is 67.7 cm³/mol. The number of amides is 1. The Labute approximate surface area is 101 Å². The van der Waals surface area contributed by atoms with Gasteiger partial charge in [0.25, 0.3) is 5.91 Å². The second-order valence-electron chi connectivity index (χ2n) is 3.89. The highest BCUT2D eigenvalue weighted by molar-refractivity contribution is 6.33. The summed E-state index contributed by atoms with van der Waals surface area (Å²) in [5.74, 6) is -0.0718. The van der Waals surface area contributed by atoms with E-state index in [1.54, 1.807) is 23.1 Å². The lowest BCUT2D eigenvalue weighted by atomic mass is 10.1. The summed E-state index contributed by atoms with van der Waals surface area (Å²) in [6.45, 7) is 6.55. The number of nitrogens with two attached hydrogens (primary N) is 1. The van der Waals surface area contributed by atoms with E-state index in [1.165, 1.54) is 0 Å². The third kappa shape index (κ3) is 2.47. The fraction of sp³-hybridized carbons (Fsp3) is 0.417. The van der Waals surface area contributed by atoms with Crippen LogP contribution in [0.4, 0.5) is 5.69 Å². The van der Waals surface area contributed by atoms with Gasteiger partial charge in [-0.3, -0.25) is 4.79 Å². The number of carbonyl (C=O) groups is 1. The maximum Gasteiger partial charge on any atom is 0.256 e. The van der Waals surface area contributed by atoms with Gasteiger partial charge < -0.3 is 10.6 Å². The quantitative estimate of drug-likeness (QED) is 0.826. The highest BCUT2D eigenvalue weighted by Gasteiger charge is 2.19. The van der Waals surface area contributed by atoms with E-state index in [9.17, 15) is 4.79 Å². The van der Waals surface area contributed by atoms with Crippen molar-refractivity contribution in [2.24, 2.45) is 0 Å². The first-order valence-corrected chi connectivity index (χ1v) is 5.71. The number of halogens is 1. The fourth-order valence-corrected chi connectivity index (χ4v) is 1.80. The summed E-state index contributed by atoms with van der Waals surface area (Å²) in [5, 5.41) is 0.422. The van der Waals surface area contributed by atoms with Crippen LogP contribution in [0.3, 0.4) is 0 Å². The van der Waals surface area contributed by atoms with E-state index in [-0.39, 0.29) is 11.9 Å². The van der Waals surface area contributed by atoms with Crippen LogP contribution in [-0.2, 0) is 0 Å². The third-order valence-electron chi connectivity index (χ3n) is 2.51. The van der Waals surface area contributed by atoms with Crippen LogP contribution in [0.5, 0.6) is 0 Å². The van der Waals surface area contributed by atoms with Gasteiger partial charge in [0.2, 0.25) is 0 Å². The Kier molecular flexibility index (Phi) is 4.19. The number of nitrogen functional groups attached to an aromatic ring is 1. The topological polar surface area (TPSA) is 46.3 Å². The van der Waals surface area contributed by atoms with E-state index >= 15 is 0 Å². The van der Waals surface area contributed by atoms with E-state index in [2.05, 4.69) is 0 Å². The van der Waals surface area contributed by atoms with Gasteiger partial charge in [0, 0.05) is 12.6 Å². The van der Waals surface area contributed by atoms with Crippen LogP contribution in [0.1, 0.15) is 31.1 Å². The third-order valence-corrected chi connectivity index (χ3v) is 2.84. The Bertz CT molecular complexity index is 391. The number of hydrogen-bond donors (Lipinski definition) is 1. The molecule has 0 radical (unpaired) electrons. The van der Waals surface area contributed by atoms with Crippen LogP contribution in [0.2, 0.25) is 5.02 Å². The summed E-state index contributed by atoms with van der Waals surface area (Å²) >= 11 is 5.89. The molecule has 0 fully saturated rings. The van der Waals surface area contributed by atoms with Gasteiger partial charge in [0.15, 0.2) is 0 Å². The lowest BCUT2D eigenvalue weighted by Gasteiger charge is -2.25. The van der Waals surface area contributed by atoms with Gasteiger partial charge in [-0.1, -0.05) is 17.7 Å². The van der Waals surface area contributed by atoms with Crippen LogP contribution in [0.15, 0.2) is 18.2 Å². The number of anilines is 1. The summed E-state index contributed by atoms with van der Waals surface area (Å²) in [6, 6.07) is 5.27. The van der Waals surface area contributed by atoms with Gasteiger partial charge in [-0.2, -0.15) is 0 Å². The normalized spacial score (nSPS) is 10.6. The minimum absolute atomic E-state index is 0.0718. The van der Waals surface area contributed by atoms with Gasteiger partial charge in [-0.05, 0) is 32.9 Å². The zero-order valence-corrected chi connectivity index (χ0v) is 10.6. The summed E-state index contributed by atoms with van der Waals surface area (Å²) in [4.78, 5) is 13.9. The molecular formula is C12H17ClN2O. The fourth-order valence-electron chi connectivity index (χ4n) is 1.62. The molecule has 0 atom stereocenters. The van der Waals surface area contributed by atoms with Gasteiger partial charge in [0.05, 0.1) is 16.3 Å². The number of hydrogen-bond acceptors (Lipinski definition) is 2. The van der Waals surface area contributed by atoms with Crippen LogP contribution in [-0.4, -0.2) is 23.4 Å². The molecule has 1 rings (SSSR count). The molecule has 3 nitrogen and oxygen atoms in total. The van der Waals surface area contributed by atoms with E-state index in [0.717, 1.165) is 0 Å². The largest absolute Gasteiger partial charge is 0.397 e. The first-order valence-electron chi connectivity index (χ1n) is 5.34. The Balaban J connectivity index is 3.09. The minimum Gasteiger partial charge on any atom is -0.397 e. The standard InChI is InChI=1S/C12H17ClN2O/c1-4-15(8(2)3)12(16)9-6-5-7-10(13)11(9)14/h5-8H,4,14H2,1-3H3. The van der Waals surface area contributed by atoms with Crippen molar-refractivity contribution >= 4 is 23.2 Å². The van der Waals surface area contributed by atoms with Crippen molar-refractivity contribution in [2.75, 3.05) is 12.3 Å². The van der Waals surface area contributed by atoms with Crippen molar-refractivity contribution in [1.82, 2.24) is 4.90 Å². The van der Waals surface area contributed by atoms with Gasteiger partial charge in [-0.15, -0.1) is 0 Å². The van der Waals surface area contributed by atoms with E-state index in [1.807, 2.05) is 20.8 Å². The molecule has 88 valence electrons. The molecule has 0 unspecified atom stereocenters. The lowest BCUT2D eigenvalue weighted by molar-refractivity contribution is 0.0718. The molecule has 0 aromatic heterocycles. The zero-order valence-electron chi connectivity index (χ0n) is 9.83. The maximum absolute atomic E-state index is 12.2. The summed E-state index contributed by atoms with van der Waals surface area (Å²) in [5.41, 5.74) is 6.63. The van der Waals surface area contributed by atoms with E-state index < -0.39 is 0 Å². The molecule has 16 heavy (non-hydrogen) atoms. The van der Waals surface area contributed by atoms with Gasteiger partial charge >= 0.3 is 0 Å². The Morgan fingerprint density at radius 2 is 2.12 bits per heavy atom. The molecule has 0 aliphatic carbocycles. The van der Waals surface area contributed by atoms with E-state index in [4.69, 9.17) is 17.3 Å². The second-order valence-corrected chi connectivity index (χ2v) is 4.29.